The van der Waals surface area contributed by atoms with Crippen molar-refractivity contribution in [2.24, 2.45) is 5.41 Å². The summed E-state index contributed by atoms with van der Waals surface area (Å²) in [6.07, 6.45) is 0. The van der Waals surface area contributed by atoms with Gasteiger partial charge in [-0.1, -0.05) is 26.8 Å². The summed E-state index contributed by atoms with van der Waals surface area (Å²) in [4.78, 5) is 25.5. The van der Waals surface area contributed by atoms with Crippen molar-refractivity contribution in [3.05, 3.63) is 35.4 Å². The SMILES string of the molecule is CC(C)(C)C1NC(=O)CN(Cc2ccc(F)cc2F)C1=O. The number of amides is 2. The Labute approximate surface area is 122 Å². The Hall–Kier alpha value is -1.98. The molecule has 1 aliphatic heterocycles. The minimum Gasteiger partial charge on any atom is -0.342 e. The van der Waals surface area contributed by atoms with Crippen molar-refractivity contribution < 1.29 is 18.4 Å². The molecule has 2 amide bonds. The molecule has 2 rings (SSSR count). The van der Waals surface area contributed by atoms with Crippen LogP contribution in [-0.2, 0) is 16.1 Å². The quantitative estimate of drug-likeness (QED) is 0.905. The molecule has 0 aromatic heterocycles. The van der Waals surface area contributed by atoms with Gasteiger partial charge in [-0.2, -0.15) is 0 Å². The molecule has 1 heterocycles. The Morgan fingerprint density at radius 1 is 1.29 bits per heavy atom. The lowest BCUT2D eigenvalue weighted by molar-refractivity contribution is -0.148. The zero-order valence-electron chi connectivity index (χ0n) is 12.2. The number of hydrogen-bond donors (Lipinski definition) is 1. The van der Waals surface area contributed by atoms with Crippen LogP contribution in [0.4, 0.5) is 8.78 Å². The number of piperazine rings is 1. The van der Waals surface area contributed by atoms with Crippen molar-refractivity contribution in [2.45, 2.75) is 33.4 Å². The lowest BCUT2D eigenvalue weighted by Crippen LogP contribution is -2.61. The average Bonchev–Trinajstić information content (AvgIpc) is 2.35. The number of rotatable bonds is 2. The van der Waals surface area contributed by atoms with Gasteiger partial charge in [0.2, 0.25) is 11.8 Å². The maximum absolute atomic E-state index is 13.7. The summed E-state index contributed by atoms with van der Waals surface area (Å²) in [5.74, 6) is -1.93. The Kier molecular flexibility index (Phi) is 3.98. The van der Waals surface area contributed by atoms with Crippen molar-refractivity contribution in [3.63, 3.8) is 0 Å². The van der Waals surface area contributed by atoms with E-state index in [1.165, 1.54) is 11.0 Å². The van der Waals surface area contributed by atoms with Crippen LogP contribution in [0.25, 0.3) is 0 Å². The first-order valence-electron chi connectivity index (χ1n) is 6.70. The molecular formula is C15H18F2N2O2. The number of halogens is 2. The molecule has 114 valence electrons. The van der Waals surface area contributed by atoms with Gasteiger partial charge in [0.1, 0.15) is 17.7 Å². The molecule has 21 heavy (non-hydrogen) atoms. The summed E-state index contributed by atoms with van der Waals surface area (Å²) in [5.41, 5.74) is -0.251. The van der Waals surface area contributed by atoms with Crippen molar-refractivity contribution in [2.75, 3.05) is 6.54 Å². The summed E-state index contributed by atoms with van der Waals surface area (Å²) in [5, 5.41) is 2.66. The minimum atomic E-state index is -0.721. The van der Waals surface area contributed by atoms with Crippen LogP contribution in [0.15, 0.2) is 18.2 Å². The van der Waals surface area contributed by atoms with Gasteiger partial charge in [-0.05, 0) is 11.5 Å². The van der Waals surface area contributed by atoms with Crippen LogP contribution in [0.2, 0.25) is 0 Å². The van der Waals surface area contributed by atoms with Gasteiger partial charge in [-0.3, -0.25) is 9.59 Å². The molecule has 1 unspecified atom stereocenters. The van der Waals surface area contributed by atoms with Gasteiger partial charge < -0.3 is 10.2 Å². The number of carbonyl (C=O) groups is 2. The molecule has 0 radical (unpaired) electrons. The van der Waals surface area contributed by atoms with Gasteiger partial charge in [0, 0.05) is 18.2 Å². The fourth-order valence-electron chi connectivity index (χ4n) is 2.28. The Bertz CT molecular complexity index is 582. The van der Waals surface area contributed by atoms with Crippen molar-refractivity contribution in [1.29, 1.82) is 0 Å². The highest BCUT2D eigenvalue weighted by Crippen LogP contribution is 2.24. The van der Waals surface area contributed by atoms with E-state index >= 15 is 0 Å². The number of hydrogen-bond acceptors (Lipinski definition) is 2. The van der Waals surface area contributed by atoms with Gasteiger partial charge in [0.05, 0.1) is 6.54 Å². The van der Waals surface area contributed by atoms with E-state index in [9.17, 15) is 18.4 Å². The number of nitrogens with zero attached hydrogens (tertiary/aromatic N) is 1. The van der Waals surface area contributed by atoms with E-state index in [1.807, 2.05) is 20.8 Å². The molecule has 1 aromatic rings. The van der Waals surface area contributed by atoms with Crippen LogP contribution in [-0.4, -0.2) is 29.3 Å². The molecule has 1 aromatic carbocycles. The fraction of sp³-hybridized carbons (Fsp3) is 0.467. The molecule has 1 aliphatic rings. The Balaban J connectivity index is 2.22. The van der Waals surface area contributed by atoms with Gasteiger partial charge in [-0.15, -0.1) is 0 Å². The number of benzene rings is 1. The van der Waals surface area contributed by atoms with Gasteiger partial charge in [0.25, 0.3) is 0 Å². The summed E-state index contributed by atoms with van der Waals surface area (Å²) in [6.45, 7) is 5.36. The van der Waals surface area contributed by atoms with Crippen LogP contribution in [0.3, 0.4) is 0 Å². The van der Waals surface area contributed by atoms with E-state index in [0.29, 0.717) is 0 Å². The smallest absolute Gasteiger partial charge is 0.246 e. The molecule has 1 atom stereocenters. The first-order valence-corrected chi connectivity index (χ1v) is 6.70. The largest absolute Gasteiger partial charge is 0.342 e. The van der Waals surface area contributed by atoms with E-state index in [-0.39, 0.29) is 30.5 Å². The first-order chi connectivity index (χ1) is 9.68. The molecule has 1 N–H and O–H groups in total. The van der Waals surface area contributed by atoms with Gasteiger partial charge in [0.15, 0.2) is 0 Å². The van der Waals surface area contributed by atoms with Crippen LogP contribution < -0.4 is 5.32 Å². The third-order valence-electron chi connectivity index (χ3n) is 3.44. The molecule has 0 bridgehead atoms. The monoisotopic (exact) mass is 296 g/mol. The predicted molar refractivity (Wildman–Crippen MR) is 73.2 cm³/mol. The van der Waals surface area contributed by atoms with Crippen molar-refractivity contribution in [1.82, 2.24) is 10.2 Å². The summed E-state index contributed by atoms with van der Waals surface area (Å²) >= 11 is 0. The normalized spacial score (nSPS) is 19.7. The fourth-order valence-corrected chi connectivity index (χ4v) is 2.28. The summed E-state index contributed by atoms with van der Waals surface area (Å²) in [7, 11) is 0. The number of carbonyl (C=O) groups excluding carboxylic acids is 2. The highest BCUT2D eigenvalue weighted by Gasteiger charge is 2.39. The predicted octanol–water partition coefficient (Wildman–Crippen LogP) is 1.84. The molecule has 1 fully saturated rings. The summed E-state index contributed by atoms with van der Waals surface area (Å²) in [6, 6.07) is 2.54. The van der Waals surface area contributed by atoms with Crippen LogP contribution in [0, 0.1) is 17.0 Å². The highest BCUT2D eigenvalue weighted by molar-refractivity contribution is 5.95. The molecular weight excluding hydrogens is 278 g/mol. The Morgan fingerprint density at radius 3 is 2.52 bits per heavy atom. The zero-order chi connectivity index (χ0) is 15.8. The Morgan fingerprint density at radius 2 is 1.95 bits per heavy atom. The van der Waals surface area contributed by atoms with Crippen molar-refractivity contribution >= 4 is 11.8 Å². The topological polar surface area (TPSA) is 49.4 Å². The third kappa shape index (κ3) is 3.37. The number of nitrogens with one attached hydrogen (secondary N) is 1. The molecule has 4 nitrogen and oxygen atoms in total. The second-order valence-corrected chi connectivity index (χ2v) is 6.30. The first kappa shape index (κ1) is 15.4. The van der Waals surface area contributed by atoms with Crippen molar-refractivity contribution in [3.8, 4) is 0 Å². The molecule has 0 spiro atoms. The van der Waals surface area contributed by atoms with Crippen LogP contribution in [0.5, 0.6) is 0 Å². The van der Waals surface area contributed by atoms with E-state index in [1.54, 1.807) is 0 Å². The van der Waals surface area contributed by atoms with E-state index < -0.39 is 23.1 Å². The molecule has 0 aliphatic carbocycles. The standard InChI is InChI=1S/C15H18F2N2O2/c1-15(2,3)13-14(21)19(8-12(20)18-13)7-9-4-5-10(16)6-11(9)17/h4-6,13H,7-8H2,1-3H3,(H,18,20). The van der Waals surface area contributed by atoms with Gasteiger partial charge in [-0.25, -0.2) is 8.78 Å². The second-order valence-electron chi connectivity index (χ2n) is 6.30. The van der Waals surface area contributed by atoms with Crippen LogP contribution >= 0.6 is 0 Å². The molecule has 0 saturated carbocycles. The second kappa shape index (κ2) is 5.42. The minimum absolute atomic E-state index is 0.0506. The van der Waals surface area contributed by atoms with Crippen LogP contribution in [0.1, 0.15) is 26.3 Å². The average molecular weight is 296 g/mol. The zero-order valence-corrected chi connectivity index (χ0v) is 12.2. The molecule has 1 saturated heterocycles. The molecule has 6 heteroatoms. The lowest BCUT2D eigenvalue weighted by Gasteiger charge is -2.38. The maximum atomic E-state index is 13.7. The van der Waals surface area contributed by atoms with E-state index in [4.69, 9.17) is 0 Å². The summed E-state index contributed by atoms with van der Waals surface area (Å²) < 4.78 is 26.6. The lowest BCUT2D eigenvalue weighted by atomic mass is 9.84. The highest BCUT2D eigenvalue weighted by atomic mass is 19.1. The maximum Gasteiger partial charge on any atom is 0.246 e. The van der Waals surface area contributed by atoms with E-state index in [2.05, 4.69) is 5.32 Å². The van der Waals surface area contributed by atoms with Gasteiger partial charge >= 0.3 is 0 Å². The third-order valence-corrected chi connectivity index (χ3v) is 3.44. The van der Waals surface area contributed by atoms with E-state index in [0.717, 1.165) is 12.1 Å².